The number of aryl methyl sites for hydroxylation is 1. The van der Waals surface area contributed by atoms with Gasteiger partial charge >= 0.3 is 6.09 Å². The molecule has 1 saturated heterocycles. The molecule has 0 atom stereocenters. The monoisotopic (exact) mass is 360 g/mol. The first-order chi connectivity index (χ1) is 12.1. The Hall–Kier alpha value is -2.82. The lowest BCUT2D eigenvalue weighted by Gasteiger charge is -2.34. The van der Waals surface area contributed by atoms with Gasteiger partial charge in [-0.25, -0.2) is 9.64 Å². The lowest BCUT2D eigenvalue weighted by atomic mass is 10.0. The second-order valence-electron chi connectivity index (χ2n) is 7.41. The van der Waals surface area contributed by atoms with Crippen molar-refractivity contribution in [1.29, 1.82) is 0 Å². The van der Waals surface area contributed by atoms with Crippen LogP contribution in [0.1, 0.15) is 39.2 Å². The molecule has 1 amide bonds. The summed E-state index contributed by atoms with van der Waals surface area (Å²) in [6.07, 6.45) is 0.999. The third-order valence-corrected chi connectivity index (χ3v) is 4.14. The van der Waals surface area contributed by atoms with E-state index in [-0.39, 0.29) is 23.5 Å². The third-order valence-electron chi connectivity index (χ3n) is 4.14. The first-order valence-corrected chi connectivity index (χ1v) is 8.51. The summed E-state index contributed by atoms with van der Waals surface area (Å²) in [5.74, 6) is 0. The maximum atomic E-state index is 12.1. The highest BCUT2D eigenvalue weighted by Crippen LogP contribution is 2.34. The molecule has 8 heteroatoms. The van der Waals surface area contributed by atoms with Crippen LogP contribution in [0.5, 0.6) is 0 Å². The highest BCUT2D eigenvalue weighted by Gasteiger charge is 2.28. The zero-order valence-corrected chi connectivity index (χ0v) is 15.5. The van der Waals surface area contributed by atoms with Gasteiger partial charge in [-0.2, -0.15) is 0 Å². The summed E-state index contributed by atoms with van der Waals surface area (Å²) >= 11 is 0. The molecule has 1 fully saturated rings. The van der Waals surface area contributed by atoms with Crippen LogP contribution in [-0.4, -0.2) is 40.6 Å². The number of carbonyl (C=O) groups excluding carboxylic acids is 1. The topological polar surface area (TPSA) is 89.1 Å². The van der Waals surface area contributed by atoms with Gasteiger partial charge in [-0.1, -0.05) is 0 Å². The molecule has 1 aromatic carbocycles. The van der Waals surface area contributed by atoms with E-state index < -0.39 is 10.5 Å². The minimum atomic E-state index is -0.533. The van der Waals surface area contributed by atoms with Gasteiger partial charge in [-0.05, 0) is 52.2 Å². The maximum Gasteiger partial charge on any atom is 0.410 e. The average Bonchev–Trinajstić information content (AvgIpc) is 2.53. The Labute approximate surface area is 153 Å². The number of likely N-dealkylation sites (tertiary alicyclic amines) is 1. The normalized spacial score (nSPS) is 15.3. The molecular formula is C18H24N4O4. The summed E-state index contributed by atoms with van der Waals surface area (Å²) in [7, 11) is 0. The maximum absolute atomic E-state index is 12.1. The number of nitro benzene ring substituents is 1. The molecule has 1 aliphatic rings. The van der Waals surface area contributed by atoms with Crippen LogP contribution in [-0.2, 0) is 4.74 Å². The van der Waals surface area contributed by atoms with Gasteiger partial charge in [0.05, 0.1) is 11.5 Å². The lowest BCUT2D eigenvalue weighted by Crippen LogP contribution is -2.44. The molecule has 1 aromatic rings. The smallest absolute Gasteiger partial charge is 0.410 e. The predicted octanol–water partition coefficient (Wildman–Crippen LogP) is 4.27. The van der Waals surface area contributed by atoms with Gasteiger partial charge in [0, 0.05) is 25.2 Å². The van der Waals surface area contributed by atoms with Gasteiger partial charge < -0.3 is 15.0 Å². The van der Waals surface area contributed by atoms with Crippen molar-refractivity contribution in [3.63, 3.8) is 0 Å². The van der Waals surface area contributed by atoms with Crippen molar-refractivity contribution in [1.82, 2.24) is 4.90 Å². The molecule has 0 saturated carbocycles. The van der Waals surface area contributed by atoms with Gasteiger partial charge in [0.2, 0.25) is 0 Å². The molecule has 0 aromatic heterocycles. The molecule has 140 valence electrons. The number of hydrogen-bond donors (Lipinski definition) is 1. The average molecular weight is 360 g/mol. The van der Waals surface area contributed by atoms with Crippen LogP contribution in [0, 0.1) is 23.6 Å². The Kier molecular flexibility index (Phi) is 5.70. The quantitative estimate of drug-likeness (QED) is 0.494. The third kappa shape index (κ3) is 4.85. The van der Waals surface area contributed by atoms with Crippen LogP contribution in [0.3, 0.4) is 0 Å². The van der Waals surface area contributed by atoms with E-state index in [0.29, 0.717) is 37.2 Å². The van der Waals surface area contributed by atoms with Crippen molar-refractivity contribution in [2.75, 3.05) is 18.4 Å². The Morgan fingerprint density at radius 2 is 2.00 bits per heavy atom. The predicted molar refractivity (Wildman–Crippen MR) is 98.5 cm³/mol. The van der Waals surface area contributed by atoms with Gasteiger partial charge in [0.25, 0.3) is 5.69 Å². The Balaban J connectivity index is 2.04. The molecule has 1 N–H and O–H groups in total. The SMILES string of the molecule is [C-]#[N+]c1cc([N+](=O)[O-])c(NC2CCN(C(=O)OC(C)(C)C)CC2)cc1C. The Bertz CT molecular complexity index is 741. The zero-order valence-electron chi connectivity index (χ0n) is 15.5. The molecular weight excluding hydrogens is 336 g/mol. The van der Waals surface area contributed by atoms with Crippen LogP contribution in [0.25, 0.3) is 4.85 Å². The van der Waals surface area contributed by atoms with Crippen LogP contribution in [0.15, 0.2) is 12.1 Å². The summed E-state index contributed by atoms with van der Waals surface area (Å²) in [6.45, 7) is 15.4. The molecule has 0 bridgehead atoms. The molecule has 1 aliphatic heterocycles. The van der Waals surface area contributed by atoms with E-state index in [0.717, 1.165) is 0 Å². The minimum absolute atomic E-state index is 0.0191. The highest BCUT2D eigenvalue weighted by atomic mass is 16.6. The summed E-state index contributed by atoms with van der Waals surface area (Å²) in [4.78, 5) is 27.9. The minimum Gasteiger partial charge on any atom is -0.444 e. The molecule has 0 aliphatic carbocycles. The summed E-state index contributed by atoms with van der Waals surface area (Å²) < 4.78 is 5.37. The molecule has 8 nitrogen and oxygen atoms in total. The van der Waals surface area contributed by atoms with E-state index in [1.165, 1.54) is 6.07 Å². The summed E-state index contributed by atoms with van der Waals surface area (Å²) in [5.41, 5.74) is 0.752. The van der Waals surface area contributed by atoms with Gasteiger partial charge in [-0.3, -0.25) is 10.1 Å². The largest absolute Gasteiger partial charge is 0.444 e. The van der Waals surface area contributed by atoms with E-state index in [2.05, 4.69) is 10.2 Å². The van der Waals surface area contributed by atoms with Gasteiger partial charge in [0.15, 0.2) is 5.69 Å². The van der Waals surface area contributed by atoms with E-state index >= 15 is 0 Å². The summed E-state index contributed by atoms with van der Waals surface area (Å²) in [5, 5.41) is 14.5. The van der Waals surface area contributed by atoms with E-state index in [1.54, 1.807) is 17.9 Å². The Morgan fingerprint density at radius 1 is 1.38 bits per heavy atom. The molecule has 1 heterocycles. The van der Waals surface area contributed by atoms with Crippen molar-refractivity contribution < 1.29 is 14.5 Å². The van der Waals surface area contributed by atoms with E-state index in [4.69, 9.17) is 11.3 Å². The molecule has 26 heavy (non-hydrogen) atoms. The van der Waals surface area contributed by atoms with E-state index in [9.17, 15) is 14.9 Å². The van der Waals surface area contributed by atoms with Crippen molar-refractivity contribution in [2.45, 2.75) is 52.2 Å². The van der Waals surface area contributed by atoms with Crippen LogP contribution >= 0.6 is 0 Å². The highest BCUT2D eigenvalue weighted by molar-refractivity contribution is 5.72. The second-order valence-corrected chi connectivity index (χ2v) is 7.41. The molecule has 0 spiro atoms. The number of rotatable bonds is 3. The number of piperidine rings is 1. The van der Waals surface area contributed by atoms with Crippen molar-refractivity contribution in [2.24, 2.45) is 0 Å². The summed E-state index contributed by atoms with van der Waals surface area (Å²) in [6, 6.07) is 2.97. The number of hydrogen-bond acceptors (Lipinski definition) is 5. The van der Waals surface area contributed by atoms with Crippen LogP contribution < -0.4 is 5.32 Å². The fourth-order valence-corrected chi connectivity index (χ4v) is 2.83. The number of nitro groups is 1. The first kappa shape index (κ1) is 19.5. The standard InChI is InChI=1S/C18H24N4O4/c1-12-10-15(16(22(24)25)11-14(12)19-5)20-13-6-8-21(9-7-13)17(23)26-18(2,3)4/h10-11,13,20H,6-9H2,1-4H3. The molecule has 0 unspecified atom stereocenters. The molecule has 2 rings (SSSR count). The Morgan fingerprint density at radius 3 is 2.50 bits per heavy atom. The number of amides is 1. The van der Waals surface area contributed by atoms with Crippen molar-refractivity contribution in [3.05, 3.63) is 39.2 Å². The molecule has 0 radical (unpaired) electrons. The van der Waals surface area contributed by atoms with E-state index in [1.807, 2.05) is 20.8 Å². The first-order valence-electron chi connectivity index (χ1n) is 8.51. The van der Waals surface area contributed by atoms with Crippen molar-refractivity contribution in [3.8, 4) is 0 Å². The number of anilines is 1. The van der Waals surface area contributed by atoms with Gasteiger partial charge in [0.1, 0.15) is 11.3 Å². The number of ether oxygens (including phenoxy) is 1. The second kappa shape index (κ2) is 7.60. The van der Waals surface area contributed by atoms with Crippen LogP contribution in [0.4, 0.5) is 21.9 Å². The van der Waals surface area contributed by atoms with Crippen LogP contribution in [0.2, 0.25) is 0 Å². The zero-order chi connectivity index (χ0) is 19.5. The number of carbonyl (C=O) groups is 1. The fourth-order valence-electron chi connectivity index (χ4n) is 2.83. The van der Waals surface area contributed by atoms with Crippen molar-refractivity contribution >= 4 is 23.2 Å². The lowest BCUT2D eigenvalue weighted by molar-refractivity contribution is -0.383. The number of nitrogens with one attached hydrogen (secondary N) is 1. The fraction of sp³-hybridized carbons (Fsp3) is 0.556. The van der Waals surface area contributed by atoms with Gasteiger partial charge in [-0.15, -0.1) is 0 Å². The number of benzene rings is 1. The number of nitrogens with zero attached hydrogens (tertiary/aromatic N) is 3.